The lowest BCUT2D eigenvalue weighted by molar-refractivity contribution is -0.00268. The number of nitrogens with zero attached hydrogens (tertiary/aromatic N) is 1. The summed E-state index contributed by atoms with van der Waals surface area (Å²) in [6, 6.07) is 7.31. The van der Waals surface area contributed by atoms with Gasteiger partial charge in [-0.25, -0.2) is 8.42 Å². The molecule has 0 aromatic heterocycles. The fourth-order valence-electron chi connectivity index (χ4n) is 2.10. The Morgan fingerprint density at radius 1 is 1.50 bits per heavy atom. The van der Waals surface area contributed by atoms with Crippen LogP contribution in [0.15, 0.2) is 24.3 Å². The van der Waals surface area contributed by atoms with E-state index < -0.39 is 10.0 Å². The Morgan fingerprint density at radius 2 is 2.30 bits per heavy atom. The lowest BCUT2D eigenvalue weighted by atomic mass is 10.1. The molecule has 1 aromatic carbocycles. The van der Waals surface area contributed by atoms with Gasteiger partial charge in [-0.3, -0.25) is 0 Å². The van der Waals surface area contributed by atoms with Gasteiger partial charge >= 0.3 is 0 Å². The number of ether oxygens (including phenoxy) is 2. The minimum Gasteiger partial charge on any atom is -0.384 e. The summed E-state index contributed by atoms with van der Waals surface area (Å²) in [6.07, 6.45) is -0.278. The largest absolute Gasteiger partial charge is 0.384 e. The summed E-state index contributed by atoms with van der Waals surface area (Å²) >= 11 is 5.95. The summed E-state index contributed by atoms with van der Waals surface area (Å²) in [5, 5.41) is 0.616. The van der Waals surface area contributed by atoms with Crippen molar-refractivity contribution in [3.05, 3.63) is 34.9 Å². The number of sulfonamides is 1. The molecule has 2 rings (SSSR count). The molecule has 20 heavy (non-hydrogen) atoms. The molecular weight excluding hydrogens is 302 g/mol. The molecule has 0 saturated carbocycles. The number of hydrogen-bond donors (Lipinski definition) is 0. The molecule has 0 aliphatic carbocycles. The third kappa shape index (κ3) is 3.93. The van der Waals surface area contributed by atoms with E-state index in [1.54, 1.807) is 12.1 Å². The minimum atomic E-state index is -3.30. The molecular formula is C13H18ClNO4S. The van der Waals surface area contributed by atoms with Gasteiger partial charge in [0.1, 0.15) is 0 Å². The Morgan fingerprint density at radius 3 is 3.00 bits per heavy atom. The SMILES string of the molecule is COCCS(=O)(=O)N1CCOC(c2cccc(Cl)c2)C1. The average Bonchev–Trinajstić information content (AvgIpc) is 2.45. The zero-order valence-corrected chi connectivity index (χ0v) is 12.9. The van der Waals surface area contributed by atoms with Crippen LogP contribution in [0.1, 0.15) is 11.7 Å². The van der Waals surface area contributed by atoms with Crippen LogP contribution in [0.4, 0.5) is 0 Å². The van der Waals surface area contributed by atoms with Crippen LogP contribution in [0.2, 0.25) is 5.02 Å². The predicted octanol–water partition coefficient (Wildman–Crippen LogP) is 1.69. The van der Waals surface area contributed by atoms with Crippen molar-refractivity contribution in [2.45, 2.75) is 6.10 Å². The highest BCUT2D eigenvalue weighted by molar-refractivity contribution is 7.89. The zero-order valence-electron chi connectivity index (χ0n) is 11.3. The summed E-state index contributed by atoms with van der Waals surface area (Å²) in [5.41, 5.74) is 0.893. The zero-order chi connectivity index (χ0) is 14.6. The Bertz CT molecular complexity index is 549. The van der Waals surface area contributed by atoms with Gasteiger partial charge in [-0.2, -0.15) is 4.31 Å². The first kappa shape index (κ1) is 15.7. The van der Waals surface area contributed by atoms with Gasteiger partial charge < -0.3 is 9.47 Å². The summed E-state index contributed by atoms with van der Waals surface area (Å²) < 4.78 is 36.3. The highest BCUT2D eigenvalue weighted by atomic mass is 35.5. The molecule has 1 fully saturated rings. The van der Waals surface area contributed by atoms with Crippen LogP contribution in [0.5, 0.6) is 0 Å². The highest BCUT2D eigenvalue weighted by Crippen LogP contribution is 2.25. The second kappa shape index (κ2) is 6.87. The third-order valence-electron chi connectivity index (χ3n) is 3.19. The van der Waals surface area contributed by atoms with Crippen molar-refractivity contribution in [1.82, 2.24) is 4.31 Å². The molecule has 1 aromatic rings. The molecule has 0 N–H and O–H groups in total. The Labute approximate surface area is 124 Å². The van der Waals surface area contributed by atoms with Gasteiger partial charge in [-0.1, -0.05) is 23.7 Å². The van der Waals surface area contributed by atoms with Crippen LogP contribution in [-0.2, 0) is 19.5 Å². The number of hydrogen-bond acceptors (Lipinski definition) is 4. The third-order valence-corrected chi connectivity index (χ3v) is 5.22. The maximum atomic E-state index is 12.2. The van der Waals surface area contributed by atoms with Crippen LogP contribution in [0.25, 0.3) is 0 Å². The Hall–Kier alpha value is -0.660. The van der Waals surface area contributed by atoms with E-state index in [1.165, 1.54) is 11.4 Å². The van der Waals surface area contributed by atoms with Crippen molar-refractivity contribution in [2.24, 2.45) is 0 Å². The smallest absolute Gasteiger partial charge is 0.216 e. The fourth-order valence-corrected chi connectivity index (χ4v) is 3.65. The Balaban J connectivity index is 2.09. The summed E-state index contributed by atoms with van der Waals surface area (Å²) in [7, 11) is -1.81. The molecule has 5 nitrogen and oxygen atoms in total. The lowest BCUT2D eigenvalue weighted by Gasteiger charge is -2.32. The molecule has 0 radical (unpaired) electrons. The van der Waals surface area contributed by atoms with Crippen molar-refractivity contribution in [3.8, 4) is 0 Å². The molecule has 1 heterocycles. The fraction of sp³-hybridized carbons (Fsp3) is 0.538. The van der Waals surface area contributed by atoms with Gasteiger partial charge in [0.2, 0.25) is 10.0 Å². The van der Waals surface area contributed by atoms with E-state index in [1.807, 2.05) is 12.1 Å². The van der Waals surface area contributed by atoms with Crippen LogP contribution >= 0.6 is 11.6 Å². The minimum absolute atomic E-state index is 0.00817. The molecule has 1 unspecified atom stereocenters. The quantitative estimate of drug-likeness (QED) is 0.828. The van der Waals surface area contributed by atoms with E-state index in [2.05, 4.69) is 0 Å². The molecule has 0 spiro atoms. The monoisotopic (exact) mass is 319 g/mol. The van der Waals surface area contributed by atoms with E-state index >= 15 is 0 Å². The van der Waals surface area contributed by atoms with Crippen molar-refractivity contribution >= 4 is 21.6 Å². The van der Waals surface area contributed by atoms with Crippen LogP contribution < -0.4 is 0 Å². The van der Waals surface area contributed by atoms with Crippen molar-refractivity contribution < 1.29 is 17.9 Å². The first-order valence-electron chi connectivity index (χ1n) is 6.37. The van der Waals surface area contributed by atoms with Crippen LogP contribution in [0.3, 0.4) is 0 Å². The van der Waals surface area contributed by atoms with Crippen LogP contribution in [0, 0.1) is 0 Å². The van der Waals surface area contributed by atoms with Gasteiger partial charge in [0.05, 0.1) is 25.1 Å². The molecule has 1 aliphatic rings. The van der Waals surface area contributed by atoms with Crippen molar-refractivity contribution in [3.63, 3.8) is 0 Å². The number of benzene rings is 1. The van der Waals surface area contributed by atoms with Crippen molar-refractivity contribution in [1.29, 1.82) is 0 Å². The average molecular weight is 320 g/mol. The summed E-state index contributed by atoms with van der Waals surface area (Å²) in [6.45, 7) is 1.26. The molecule has 1 atom stereocenters. The van der Waals surface area contributed by atoms with Gasteiger partial charge in [-0.05, 0) is 17.7 Å². The second-order valence-corrected chi connectivity index (χ2v) is 7.11. The first-order chi connectivity index (χ1) is 9.53. The van der Waals surface area contributed by atoms with E-state index in [4.69, 9.17) is 21.1 Å². The lowest BCUT2D eigenvalue weighted by Crippen LogP contribution is -2.43. The first-order valence-corrected chi connectivity index (χ1v) is 8.35. The van der Waals surface area contributed by atoms with Gasteiger partial charge in [0, 0.05) is 25.2 Å². The molecule has 1 saturated heterocycles. The highest BCUT2D eigenvalue weighted by Gasteiger charge is 2.30. The molecule has 7 heteroatoms. The van der Waals surface area contributed by atoms with Gasteiger partial charge in [0.25, 0.3) is 0 Å². The summed E-state index contributed by atoms with van der Waals surface area (Å²) in [4.78, 5) is 0. The van der Waals surface area contributed by atoms with Gasteiger partial charge in [-0.15, -0.1) is 0 Å². The number of methoxy groups -OCH3 is 1. The number of rotatable bonds is 5. The maximum absolute atomic E-state index is 12.2. The van der Waals surface area contributed by atoms with E-state index in [0.717, 1.165) is 5.56 Å². The molecule has 1 aliphatic heterocycles. The van der Waals surface area contributed by atoms with Crippen molar-refractivity contribution in [2.75, 3.05) is 39.2 Å². The maximum Gasteiger partial charge on any atom is 0.216 e. The van der Waals surface area contributed by atoms with E-state index in [0.29, 0.717) is 24.7 Å². The van der Waals surface area contributed by atoms with E-state index in [9.17, 15) is 8.42 Å². The number of morpholine rings is 1. The molecule has 0 amide bonds. The molecule has 0 bridgehead atoms. The normalized spacial score (nSPS) is 21.0. The van der Waals surface area contributed by atoms with E-state index in [-0.39, 0.29) is 18.5 Å². The predicted molar refractivity (Wildman–Crippen MR) is 77.4 cm³/mol. The van der Waals surface area contributed by atoms with Gasteiger partial charge in [0.15, 0.2) is 0 Å². The second-order valence-electron chi connectivity index (χ2n) is 4.58. The topological polar surface area (TPSA) is 55.8 Å². The Kier molecular flexibility index (Phi) is 5.40. The summed E-state index contributed by atoms with van der Waals surface area (Å²) in [5.74, 6) is -0.00817. The molecule has 112 valence electrons. The van der Waals surface area contributed by atoms with Crippen LogP contribution in [-0.4, -0.2) is 51.9 Å². The number of halogens is 1. The standard InChI is InChI=1S/C13H18ClNO4S/c1-18-7-8-20(16,17)15-5-6-19-13(10-15)11-3-2-4-12(14)9-11/h2-4,9,13H,5-8,10H2,1H3.